The van der Waals surface area contributed by atoms with Crippen LogP contribution in [0, 0.1) is 17.8 Å². The average Bonchev–Trinajstić information content (AvgIpc) is 3.00. The Morgan fingerprint density at radius 1 is 1.06 bits per heavy atom. The highest BCUT2D eigenvalue weighted by molar-refractivity contribution is 6.16. The predicted octanol–water partition coefficient (Wildman–Crippen LogP) is 1.80. The van der Waals surface area contributed by atoms with Crippen LogP contribution >= 0.6 is 0 Å². The van der Waals surface area contributed by atoms with Crippen molar-refractivity contribution in [2.75, 3.05) is 27.2 Å². The molecule has 0 spiro atoms. The van der Waals surface area contributed by atoms with Gasteiger partial charge in [-0.05, 0) is 95.4 Å². The first kappa shape index (κ1) is 35.2. The van der Waals surface area contributed by atoms with Gasteiger partial charge in [-0.15, -0.1) is 0 Å². The number of phenolic OH excluding ortho intramolecular Hbond substituents is 1. The smallest absolute Gasteiger partial charge is 0.251 e. The topological polar surface area (TPSA) is 194 Å². The number of benzene rings is 2. The summed E-state index contributed by atoms with van der Waals surface area (Å²) in [6, 6.07) is 9.69. The number of carbonyl (C=O) groups excluding carboxylic acids is 4. The standard InChI is InChI=1S/C36H46N4O8/c1-17(2)40(18(3)4)13-12-38-35(47)20-9-7-8-19(14-20)22-10-11-25(41)27-23(22)15-21-16-24-29(39(5)6)31(43)28(34(37)46)33(45)36(24,48)32(44)26(21)30(27)42/h7-11,14,17-18,21,24,28-29,31,41,43-44,48H,12-13,15-16H2,1-6H3,(H2,37,46)(H,38,47)/t21-,24-,28?,29-,31?,36-/m0/s1. The first-order valence-corrected chi connectivity index (χ1v) is 16.4. The highest BCUT2D eigenvalue weighted by Crippen LogP contribution is 2.53. The van der Waals surface area contributed by atoms with Gasteiger partial charge in [-0.25, -0.2) is 0 Å². The van der Waals surface area contributed by atoms with Crippen LogP contribution in [0.4, 0.5) is 0 Å². The zero-order valence-corrected chi connectivity index (χ0v) is 28.2. The molecule has 0 aliphatic heterocycles. The lowest BCUT2D eigenvalue weighted by Gasteiger charge is -2.53. The van der Waals surface area contributed by atoms with Gasteiger partial charge in [0.15, 0.2) is 17.2 Å². The SMILES string of the molecule is CC(C)N(CCNC(=O)c1cccc(-c2ccc(O)c3c2C[C@H]2C[C@H]4[C@H](N(C)C)C(O)C(C(N)=O)C(=O)[C@@]4(O)C(O)=C2C3=O)c1)C(C)C. The number of nitrogens with one attached hydrogen (secondary N) is 1. The molecular weight excluding hydrogens is 616 g/mol. The first-order valence-electron chi connectivity index (χ1n) is 16.4. The Labute approximate surface area is 280 Å². The van der Waals surface area contributed by atoms with Crippen LogP contribution in [0.15, 0.2) is 47.7 Å². The molecule has 3 aliphatic carbocycles. The van der Waals surface area contributed by atoms with Crippen molar-refractivity contribution in [2.24, 2.45) is 23.5 Å². The third-order valence-corrected chi connectivity index (χ3v) is 10.4. The molecule has 12 nitrogen and oxygen atoms in total. The number of primary amides is 1. The first-order chi connectivity index (χ1) is 22.5. The second-order valence-corrected chi connectivity index (χ2v) is 14.0. The van der Waals surface area contributed by atoms with Gasteiger partial charge in [0.2, 0.25) is 5.91 Å². The maximum Gasteiger partial charge on any atom is 0.251 e. The number of aliphatic hydroxyl groups is 3. The number of amides is 2. The minimum Gasteiger partial charge on any atom is -0.508 e. The summed E-state index contributed by atoms with van der Waals surface area (Å²) in [4.78, 5) is 57.0. The lowest BCUT2D eigenvalue weighted by Crippen LogP contribution is -2.71. The summed E-state index contributed by atoms with van der Waals surface area (Å²) in [5, 5.41) is 48.4. The molecule has 3 aliphatic rings. The Bertz CT molecular complexity index is 1680. The van der Waals surface area contributed by atoms with E-state index in [4.69, 9.17) is 5.73 Å². The fourth-order valence-electron chi connectivity index (χ4n) is 8.22. The molecule has 0 radical (unpaired) electrons. The fraction of sp³-hybridized carbons (Fsp3) is 0.500. The van der Waals surface area contributed by atoms with Crippen LogP contribution in [0.25, 0.3) is 11.1 Å². The minimum absolute atomic E-state index is 0.0134. The van der Waals surface area contributed by atoms with Crippen molar-refractivity contribution in [3.63, 3.8) is 0 Å². The molecular formula is C36H46N4O8. The number of rotatable bonds is 9. The number of ketones is 2. The number of allylic oxidation sites excluding steroid dienone is 1. The van der Waals surface area contributed by atoms with Gasteiger partial charge in [0.1, 0.15) is 17.4 Å². The third kappa shape index (κ3) is 5.70. The van der Waals surface area contributed by atoms with Gasteiger partial charge < -0.3 is 36.4 Å². The molecule has 1 fully saturated rings. The lowest BCUT2D eigenvalue weighted by atomic mass is 9.55. The van der Waals surface area contributed by atoms with E-state index in [-0.39, 0.29) is 35.6 Å². The lowest BCUT2D eigenvalue weighted by molar-refractivity contribution is -0.178. The van der Waals surface area contributed by atoms with E-state index in [2.05, 4.69) is 37.9 Å². The van der Waals surface area contributed by atoms with Crippen molar-refractivity contribution < 1.29 is 39.6 Å². The zero-order valence-electron chi connectivity index (χ0n) is 28.2. The van der Waals surface area contributed by atoms with Crippen molar-refractivity contribution in [1.82, 2.24) is 15.1 Å². The molecule has 1 saturated carbocycles. The molecule has 2 aromatic carbocycles. The summed E-state index contributed by atoms with van der Waals surface area (Å²) < 4.78 is 0. The summed E-state index contributed by atoms with van der Waals surface area (Å²) >= 11 is 0. The second kappa shape index (κ2) is 13.1. The highest BCUT2D eigenvalue weighted by atomic mass is 16.4. The maximum atomic E-state index is 14.1. The average molecular weight is 663 g/mol. The molecule has 0 saturated heterocycles. The quantitative estimate of drug-likeness (QED) is 0.216. The van der Waals surface area contributed by atoms with Crippen molar-refractivity contribution in [3.8, 4) is 16.9 Å². The summed E-state index contributed by atoms with van der Waals surface area (Å²) in [5.41, 5.74) is 4.68. The van der Waals surface area contributed by atoms with Gasteiger partial charge in [0.25, 0.3) is 5.91 Å². The van der Waals surface area contributed by atoms with Crippen LogP contribution in [-0.4, -0.2) is 111 Å². The van der Waals surface area contributed by atoms with E-state index in [0.717, 1.165) is 0 Å². The van der Waals surface area contributed by atoms with Crippen molar-refractivity contribution >= 4 is 23.4 Å². The molecule has 7 N–H and O–H groups in total. The Balaban J connectivity index is 1.52. The highest BCUT2D eigenvalue weighted by Gasteiger charge is 2.66. The van der Waals surface area contributed by atoms with Crippen LogP contribution in [0.1, 0.15) is 60.4 Å². The van der Waals surface area contributed by atoms with Crippen LogP contribution in [0.2, 0.25) is 0 Å². The Hall–Kier alpha value is -4.10. The van der Waals surface area contributed by atoms with E-state index >= 15 is 0 Å². The summed E-state index contributed by atoms with van der Waals surface area (Å²) in [6.07, 6.45) is -1.39. The molecule has 258 valence electrons. The van der Waals surface area contributed by atoms with Crippen LogP contribution in [0.3, 0.4) is 0 Å². The molecule has 2 aromatic rings. The predicted molar refractivity (Wildman–Crippen MR) is 178 cm³/mol. The summed E-state index contributed by atoms with van der Waals surface area (Å²) in [5.74, 6) is -8.13. The molecule has 12 heteroatoms. The molecule has 6 atom stereocenters. The van der Waals surface area contributed by atoms with Gasteiger partial charge in [-0.2, -0.15) is 0 Å². The zero-order chi connectivity index (χ0) is 35.4. The molecule has 0 heterocycles. The van der Waals surface area contributed by atoms with Crippen LogP contribution < -0.4 is 11.1 Å². The van der Waals surface area contributed by atoms with E-state index in [1.807, 2.05) is 0 Å². The van der Waals surface area contributed by atoms with Crippen LogP contribution in [0.5, 0.6) is 5.75 Å². The van der Waals surface area contributed by atoms with Gasteiger partial charge in [-0.3, -0.25) is 24.1 Å². The molecule has 0 aromatic heterocycles. The summed E-state index contributed by atoms with van der Waals surface area (Å²) in [7, 11) is 3.23. The Kier molecular flexibility index (Phi) is 9.59. The van der Waals surface area contributed by atoms with Gasteiger partial charge in [-0.1, -0.05) is 18.2 Å². The number of carbonyl (C=O) groups is 4. The second-order valence-electron chi connectivity index (χ2n) is 14.0. The largest absolute Gasteiger partial charge is 0.508 e. The molecule has 48 heavy (non-hydrogen) atoms. The Morgan fingerprint density at radius 3 is 2.33 bits per heavy atom. The van der Waals surface area contributed by atoms with E-state index in [9.17, 15) is 39.6 Å². The monoisotopic (exact) mass is 662 g/mol. The number of likely N-dealkylation sites (N-methyl/N-ethyl adjacent to an activating group) is 1. The van der Waals surface area contributed by atoms with Crippen molar-refractivity contribution in [2.45, 2.75) is 70.4 Å². The van der Waals surface area contributed by atoms with Gasteiger partial charge in [0, 0.05) is 48.3 Å². The van der Waals surface area contributed by atoms with Crippen molar-refractivity contribution in [1.29, 1.82) is 0 Å². The number of nitrogens with two attached hydrogens (primary N) is 1. The van der Waals surface area contributed by atoms with E-state index in [0.29, 0.717) is 47.4 Å². The van der Waals surface area contributed by atoms with Gasteiger partial charge in [0.05, 0.1) is 11.7 Å². The molecule has 2 amide bonds. The van der Waals surface area contributed by atoms with E-state index in [1.165, 1.54) is 6.07 Å². The number of aliphatic hydroxyl groups excluding tert-OH is 2. The normalized spacial score (nSPS) is 27.0. The molecule has 2 unspecified atom stereocenters. The van der Waals surface area contributed by atoms with Gasteiger partial charge >= 0.3 is 0 Å². The Morgan fingerprint density at radius 2 is 1.73 bits per heavy atom. The maximum absolute atomic E-state index is 14.1. The third-order valence-electron chi connectivity index (χ3n) is 10.4. The number of aromatic hydroxyl groups is 1. The van der Waals surface area contributed by atoms with Crippen molar-refractivity contribution in [3.05, 3.63) is 64.4 Å². The number of Topliss-reactive ketones (excluding diaryl/α,β-unsaturated/α-hetero) is 2. The number of hydrogen-bond donors (Lipinski definition) is 6. The fourth-order valence-corrected chi connectivity index (χ4v) is 8.22. The number of phenols is 1. The minimum atomic E-state index is -2.65. The van der Waals surface area contributed by atoms with E-state index < -0.39 is 58.7 Å². The van der Waals surface area contributed by atoms with Crippen LogP contribution in [-0.2, 0) is 16.0 Å². The number of hydrogen-bond acceptors (Lipinski definition) is 10. The number of fused-ring (bicyclic) bond motifs is 3. The molecule has 5 rings (SSSR count). The van der Waals surface area contributed by atoms with E-state index in [1.54, 1.807) is 49.3 Å². The summed E-state index contributed by atoms with van der Waals surface area (Å²) in [6.45, 7) is 9.59. The molecule has 0 bridgehead atoms. The number of nitrogens with zero attached hydrogens (tertiary/aromatic N) is 2.